The van der Waals surface area contributed by atoms with Crippen LogP contribution < -0.4 is 4.52 Å². The lowest BCUT2D eigenvalue weighted by Crippen LogP contribution is -2.10. The Bertz CT molecular complexity index is 488. The van der Waals surface area contributed by atoms with E-state index in [4.69, 9.17) is 13.6 Å². The number of rotatable bonds is 7. The molecule has 0 saturated heterocycles. The Morgan fingerprint density at radius 2 is 2.00 bits per heavy atom. The monoisotopic (exact) mass is 348 g/mol. The van der Waals surface area contributed by atoms with E-state index in [1.807, 2.05) is 0 Å². The molecule has 1 unspecified atom stereocenters. The molecular formula is C12H14BrO5P. The molecule has 0 heterocycles. The third-order valence-electron chi connectivity index (χ3n) is 1.83. The van der Waals surface area contributed by atoms with Gasteiger partial charge in [0.1, 0.15) is 5.75 Å². The van der Waals surface area contributed by atoms with Crippen molar-refractivity contribution in [3.05, 3.63) is 42.5 Å². The van der Waals surface area contributed by atoms with E-state index >= 15 is 0 Å². The van der Waals surface area contributed by atoms with Gasteiger partial charge in [-0.3, -0.25) is 4.52 Å². The minimum atomic E-state index is -4.01. The summed E-state index contributed by atoms with van der Waals surface area (Å²) in [4.78, 5) is 11.4. The zero-order chi connectivity index (χ0) is 14.3. The first kappa shape index (κ1) is 16.0. The number of para-hydroxylation sites is 1. The van der Waals surface area contributed by atoms with Gasteiger partial charge >= 0.3 is 13.8 Å². The Kier molecular flexibility index (Phi) is 6.28. The molecule has 0 N–H and O–H groups in total. The zero-order valence-electron chi connectivity index (χ0n) is 10.4. The molecule has 0 saturated carbocycles. The van der Waals surface area contributed by atoms with Crippen LogP contribution in [0.1, 0.15) is 6.92 Å². The number of phosphoric acid groups is 1. The molecule has 104 valence electrons. The molecule has 1 atom stereocenters. The number of hydrogen-bond acceptors (Lipinski definition) is 5. The maximum absolute atomic E-state index is 12.3. The summed E-state index contributed by atoms with van der Waals surface area (Å²) in [5.74, 6) is -0.538. The van der Waals surface area contributed by atoms with Crippen LogP contribution >= 0.6 is 23.8 Å². The molecule has 0 fully saturated rings. The van der Waals surface area contributed by atoms with E-state index in [1.165, 1.54) is 6.92 Å². The minimum absolute atomic E-state index is 0.0770. The van der Waals surface area contributed by atoms with Gasteiger partial charge in [-0.1, -0.05) is 40.7 Å². The van der Waals surface area contributed by atoms with Crippen molar-refractivity contribution in [3.8, 4) is 5.75 Å². The normalized spacial score (nSPS) is 13.4. The van der Waals surface area contributed by atoms with Crippen LogP contribution in [0.3, 0.4) is 0 Å². The summed E-state index contributed by atoms with van der Waals surface area (Å²) >= 11 is 3.12. The van der Waals surface area contributed by atoms with Gasteiger partial charge in [0.05, 0.1) is 6.61 Å². The topological polar surface area (TPSA) is 61.8 Å². The average molecular weight is 349 g/mol. The summed E-state index contributed by atoms with van der Waals surface area (Å²) in [6.07, 6.45) is 0. The molecule has 1 rings (SSSR count). The van der Waals surface area contributed by atoms with Crippen molar-refractivity contribution in [3.63, 3.8) is 0 Å². The molecule has 1 aromatic rings. The van der Waals surface area contributed by atoms with Crippen LogP contribution in [0, 0.1) is 0 Å². The molecule has 0 aliphatic heterocycles. The van der Waals surface area contributed by atoms with E-state index in [9.17, 15) is 9.36 Å². The van der Waals surface area contributed by atoms with Gasteiger partial charge in [0, 0.05) is 10.9 Å². The van der Waals surface area contributed by atoms with Gasteiger partial charge in [-0.15, -0.1) is 0 Å². The summed E-state index contributed by atoms with van der Waals surface area (Å²) in [7, 11) is -4.01. The molecule has 0 aliphatic rings. The molecule has 0 aromatic heterocycles. The van der Waals surface area contributed by atoms with E-state index in [-0.39, 0.29) is 17.9 Å². The van der Waals surface area contributed by atoms with E-state index < -0.39 is 13.8 Å². The molecular weight excluding hydrogens is 335 g/mol. The van der Waals surface area contributed by atoms with Crippen LogP contribution in [0.25, 0.3) is 0 Å². The van der Waals surface area contributed by atoms with Gasteiger partial charge < -0.3 is 9.05 Å². The molecule has 1 aromatic carbocycles. The number of phosphoric ester groups is 1. The van der Waals surface area contributed by atoms with E-state index in [0.717, 1.165) is 0 Å². The minimum Gasteiger partial charge on any atom is -0.395 e. The number of alkyl halides is 1. The molecule has 0 spiro atoms. The third-order valence-corrected chi connectivity index (χ3v) is 3.48. The van der Waals surface area contributed by atoms with Crippen LogP contribution in [0.15, 0.2) is 42.5 Å². The van der Waals surface area contributed by atoms with Gasteiger partial charge in [-0.05, 0) is 19.1 Å². The highest BCUT2D eigenvalue weighted by molar-refractivity contribution is 9.09. The van der Waals surface area contributed by atoms with Gasteiger partial charge in [-0.25, -0.2) is 9.36 Å². The van der Waals surface area contributed by atoms with Crippen molar-refractivity contribution in [2.75, 3.05) is 11.9 Å². The Labute approximate surface area is 120 Å². The first-order valence-corrected chi connectivity index (χ1v) is 7.99. The first-order chi connectivity index (χ1) is 8.97. The van der Waals surface area contributed by atoms with Crippen molar-refractivity contribution in [1.29, 1.82) is 0 Å². The quantitative estimate of drug-likeness (QED) is 0.427. The number of benzene rings is 1. The largest absolute Gasteiger partial charge is 0.590 e. The lowest BCUT2D eigenvalue weighted by atomic mass is 10.3. The summed E-state index contributed by atoms with van der Waals surface area (Å²) in [6, 6.07) is 8.34. The number of carbonyl (C=O) groups is 1. The van der Waals surface area contributed by atoms with Crippen molar-refractivity contribution in [2.24, 2.45) is 0 Å². The van der Waals surface area contributed by atoms with Crippen molar-refractivity contribution in [1.82, 2.24) is 0 Å². The standard InChI is InChI=1S/C12H14BrO5P/c1-10(2)12(14)18-19(15,16-9-8-13)17-11-6-4-3-5-7-11/h3-7H,1,8-9H2,2H3. The molecule has 7 heteroatoms. The smallest absolute Gasteiger partial charge is 0.395 e. The summed E-state index contributed by atoms with van der Waals surface area (Å²) in [5.41, 5.74) is 0.110. The fraction of sp³-hybridized carbons (Fsp3) is 0.250. The second kappa shape index (κ2) is 7.48. The Morgan fingerprint density at radius 3 is 2.53 bits per heavy atom. The van der Waals surface area contributed by atoms with Gasteiger partial charge in [-0.2, -0.15) is 0 Å². The van der Waals surface area contributed by atoms with Crippen LogP contribution in [0.2, 0.25) is 0 Å². The number of halogens is 1. The number of carbonyl (C=O) groups excluding carboxylic acids is 1. The molecule has 0 aliphatic carbocycles. The molecule has 5 nitrogen and oxygen atoms in total. The maximum Gasteiger partial charge on any atom is 0.590 e. The van der Waals surface area contributed by atoms with Gasteiger partial charge in [0.15, 0.2) is 0 Å². The highest BCUT2D eigenvalue weighted by atomic mass is 79.9. The number of hydrogen-bond donors (Lipinski definition) is 0. The highest BCUT2D eigenvalue weighted by Gasteiger charge is 2.33. The van der Waals surface area contributed by atoms with Crippen LogP contribution in [-0.2, 0) is 18.4 Å². The SMILES string of the molecule is C=C(C)C(=O)OP(=O)(OCCBr)Oc1ccccc1. The zero-order valence-corrected chi connectivity index (χ0v) is 12.9. The Hall–Kier alpha value is -1.10. The van der Waals surface area contributed by atoms with Crippen molar-refractivity contribution >= 4 is 29.7 Å². The molecule has 19 heavy (non-hydrogen) atoms. The second-order valence-electron chi connectivity index (χ2n) is 3.53. The third kappa shape index (κ3) is 5.59. The lowest BCUT2D eigenvalue weighted by molar-refractivity contribution is -0.131. The van der Waals surface area contributed by atoms with E-state index in [2.05, 4.69) is 22.5 Å². The second-order valence-corrected chi connectivity index (χ2v) is 5.84. The lowest BCUT2D eigenvalue weighted by Gasteiger charge is -2.17. The van der Waals surface area contributed by atoms with E-state index in [0.29, 0.717) is 5.33 Å². The molecule has 0 radical (unpaired) electrons. The highest BCUT2D eigenvalue weighted by Crippen LogP contribution is 2.49. The van der Waals surface area contributed by atoms with Gasteiger partial charge in [0.2, 0.25) is 0 Å². The first-order valence-electron chi connectivity index (χ1n) is 5.41. The predicted octanol–water partition coefficient (Wildman–Crippen LogP) is 3.70. The van der Waals surface area contributed by atoms with Crippen LogP contribution in [-0.4, -0.2) is 17.9 Å². The van der Waals surface area contributed by atoms with Crippen LogP contribution in [0.5, 0.6) is 5.75 Å². The molecule has 0 bridgehead atoms. The fourth-order valence-corrected chi connectivity index (χ4v) is 2.62. The Balaban J connectivity index is 2.83. The van der Waals surface area contributed by atoms with Crippen molar-refractivity contribution in [2.45, 2.75) is 6.92 Å². The fourth-order valence-electron chi connectivity index (χ4n) is 1.01. The summed E-state index contributed by atoms with van der Waals surface area (Å²) in [5, 5.41) is 0.430. The Morgan fingerprint density at radius 1 is 1.37 bits per heavy atom. The van der Waals surface area contributed by atoms with Crippen LogP contribution in [0.4, 0.5) is 0 Å². The van der Waals surface area contributed by atoms with Crippen molar-refractivity contribution < 1.29 is 22.9 Å². The van der Waals surface area contributed by atoms with E-state index in [1.54, 1.807) is 30.3 Å². The maximum atomic E-state index is 12.3. The summed E-state index contributed by atoms with van der Waals surface area (Å²) < 4.78 is 27.2. The average Bonchev–Trinajstić information content (AvgIpc) is 2.37. The summed E-state index contributed by atoms with van der Waals surface area (Å²) in [6.45, 7) is 4.93. The molecule has 0 amide bonds. The predicted molar refractivity (Wildman–Crippen MR) is 75.3 cm³/mol. The van der Waals surface area contributed by atoms with Gasteiger partial charge in [0.25, 0.3) is 0 Å².